The van der Waals surface area contributed by atoms with E-state index in [-0.39, 0.29) is 0 Å². The zero-order valence-electron chi connectivity index (χ0n) is 18.3. The number of rotatable bonds is 12. The van der Waals surface area contributed by atoms with Gasteiger partial charge in [0, 0.05) is 32.8 Å². The van der Waals surface area contributed by atoms with Crippen molar-refractivity contribution in [1.29, 1.82) is 0 Å². The van der Waals surface area contributed by atoms with Crippen molar-refractivity contribution in [1.82, 2.24) is 10.2 Å². The van der Waals surface area contributed by atoms with Gasteiger partial charge in [0.05, 0.1) is 6.10 Å². The minimum atomic E-state index is -0.502. The van der Waals surface area contributed by atoms with Crippen molar-refractivity contribution >= 4 is 0 Å². The van der Waals surface area contributed by atoms with Crippen LogP contribution in [0.5, 0.6) is 5.75 Å². The predicted octanol–water partition coefficient (Wildman–Crippen LogP) is 3.39. The Morgan fingerprint density at radius 2 is 1.93 bits per heavy atom. The Labute approximate surface area is 181 Å². The molecule has 2 aromatic rings. The van der Waals surface area contributed by atoms with E-state index in [0.717, 1.165) is 51.4 Å². The van der Waals surface area contributed by atoms with E-state index in [4.69, 9.17) is 9.47 Å². The Morgan fingerprint density at radius 1 is 1.10 bits per heavy atom. The number of benzene rings is 2. The minimum Gasteiger partial charge on any atom is -0.491 e. The highest BCUT2D eigenvalue weighted by Gasteiger charge is 2.18. The molecule has 2 N–H and O–H groups in total. The highest BCUT2D eigenvalue weighted by molar-refractivity contribution is 5.29. The van der Waals surface area contributed by atoms with Gasteiger partial charge in [0.1, 0.15) is 18.5 Å². The summed E-state index contributed by atoms with van der Waals surface area (Å²) in [6, 6.07) is 16.7. The molecule has 0 aliphatic carbocycles. The van der Waals surface area contributed by atoms with Gasteiger partial charge in [0.25, 0.3) is 0 Å². The summed E-state index contributed by atoms with van der Waals surface area (Å²) in [5.41, 5.74) is 3.98. The smallest absolute Gasteiger partial charge is 0.119 e. The number of hydrogen-bond acceptors (Lipinski definition) is 5. The van der Waals surface area contributed by atoms with Gasteiger partial charge >= 0.3 is 0 Å². The maximum absolute atomic E-state index is 10.5. The van der Waals surface area contributed by atoms with Crippen molar-refractivity contribution in [2.75, 3.05) is 32.8 Å². The largest absolute Gasteiger partial charge is 0.491 e. The molecule has 30 heavy (non-hydrogen) atoms. The van der Waals surface area contributed by atoms with Crippen LogP contribution in [0.4, 0.5) is 0 Å². The molecule has 1 atom stereocenters. The summed E-state index contributed by atoms with van der Waals surface area (Å²) in [6.45, 7) is 9.45. The Balaban J connectivity index is 1.36. The minimum absolute atomic E-state index is 0.292. The second-order valence-corrected chi connectivity index (χ2v) is 8.32. The highest BCUT2D eigenvalue weighted by atomic mass is 16.5. The maximum atomic E-state index is 10.5. The summed E-state index contributed by atoms with van der Waals surface area (Å²) in [5.74, 6) is 0.806. The molecule has 0 amide bonds. The molecule has 0 saturated heterocycles. The van der Waals surface area contributed by atoms with Crippen LogP contribution in [-0.2, 0) is 24.2 Å². The van der Waals surface area contributed by atoms with Gasteiger partial charge in [-0.2, -0.15) is 0 Å². The average Bonchev–Trinajstić information content (AvgIpc) is 2.75. The Hall–Kier alpha value is -1.92. The molecule has 0 saturated carbocycles. The number of ether oxygens (including phenoxy) is 2. The molecule has 0 radical (unpaired) electrons. The third-order valence-corrected chi connectivity index (χ3v) is 5.30. The Kier molecular flexibility index (Phi) is 9.15. The highest BCUT2D eigenvalue weighted by Crippen LogP contribution is 2.19. The van der Waals surface area contributed by atoms with E-state index >= 15 is 0 Å². The van der Waals surface area contributed by atoms with E-state index in [1.807, 2.05) is 18.2 Å². The molecule has 0 bridgehead atoms. The summed E-state index contributed by atoms with van der Waals surface area (Å²) in [7, 11) is 0. The summed E-state index contributed by atoms with van der Waals surface area (Å²) in [4.78, 5) is 2.31. The van der Waals surface area contributed by atoms with Crippen LogP contribution in [0.15, 0.2) is 48.5 Å². The van der Waals surface area contributed by atoms with Gasteiger partial charge in [0.2, 0.25) is 0 Å². The van der Waals surface area contributed by atoms with Crippen molar-refractivity contribution in [3.05, 3.63) is 65.2 Å². The van der Waals surface area contributed by atoms with E-state index in [1.165, 1.54) is 16.7 Å². The molecule has 1 unspecified atom stereocenters. The molecule has 1 heterocycles. The number of hydrogen-bond donors (Lipinski definition) is 2. The van der Waals surface area contributed by atoms with Gasteiger partial charge < -0.3 is 19.9 Å². The van der Waals surface area contributed by atoms with Crippen LogP contribution in [0.1, 0.15) is 37.0 Å². The second-order valence-electron chi connectivity index (χ2n) is 8.32. The number of aliphatic hydroxyl groups excluding tert-OH is 1. The third-order valence-electron chi connectivity index (χ3n) is 5.30. The first-order valence-electron chi connectivity index (χ1n) is 11.1. The SMILES string of the molecule is CC(C)OCCCNCc1cccc(OCC(O)CN2CCc3ccccc3C2)c1. The van der Waals surface area contributed by atoms with Gasteiger partial charge in [-0.25, -0.2) is 0 Å². The van der Waals surface area contributed by atoms with Crippen molar-refractivity contribution in [3.8, 4) is 5.75 Å². The number of fused-ring (bicyclic) bond motifs is 1. The van der Waals surface area contributed by atoms with Gasteiger partial charge in [-0.1, -0.05) is 36.4 Å². The molecular formula is C25H36N2O3. The Bertz CT molecular complexity index is 766. The van der Waals surface area contributed by atoms with Crippen LogP contribution < -0.4 is 10.1 Å². The maximum Gasteiger partial charge on any atom is 0.119 e. The van der Waals surface area contributed by atoms with Gasteiger partial charge in [-0.05, 0) is 62.1 Å². The first kappa shape index (κ1) is 22.8. The number of β-amino-alcohol motifs (C(OH)–C–C–N with tert-alkyl or cyclic N) is 1. The summed E-state index contributed by atoms with van der Waals surface area (Å²) in [5, 5.41) is 13.9. The average molecular weight is 413 g/mol. The fourth-order valence-corrected chi connectivity index (χ4v) is 3.75. The second kappa shape index (κ2) is 12.1. The molecule has 0 spiro atoms. The normalized spacial score (nSPS) is 15.2. The molecule has 1 aliphatic rings. The number of nitrogens with zero attached hydrogens (tertiary/aromatic N) is 1. The molecule has 0 aromatic heterocycles. The quantitative estimate of drug-likeness (QED) is 0.524. The van der Waals surface area contributed by atoms with Crippen molar-refractivity contribution < 1.29 is 14.6 Å². The molecule has 164 valence electrons. The van der Waals surface area contributed by atoms with Crippen LogP contribution in [-0.4, -0.2) is 55.1 Å². The van der Waals surface area contributed by atoms with E-state index in [9.17, 15) is 5.11 Å². The fraction of sp³-hybridized carbons (Fsp3) is 0.520. The zero-order chi connectivity index (χ0) is 21.2. The first-order valence-corrected chi connectivity index (χ1v) is 11.1. The van der Waals surface area contributed by atoms with Crippen LogP contribution in [0, 0.1) is 0 Å². The van der Waals surface area contributed by atoms with Crippen molar-refractivity contribution in [2.45, 2.75) is 52.0 Å². The van der Waals surface area contributed by atoms with Gasteiger partial charge in [-0.3, -0.25) is 4.90 Å². The molecule has 1 aliphatic heterocycles. The van der Waals surface area contributed by atoms with E-state index in [2.05, 4.69) is 54.4 Å². The molecule has 5 nitrogen and oxygen atoms in total. The first-order chi connectivity index (χ1) is 14.6. The number of nitrogens with one attached hydrogen (secondary N) is 1. The van der Waals surface area contributed by atoms with Crippen LogP contribution in [0.25, 0.3) is 0 Å². The summed E-state index contributed by atoms with van der Waals surface area (Å²) in [6.07, 6.45) is 1.84. The lowest BCUT2D eigenvalue weighted by Gasteiger charge is -2.30. The fourth-order valence-electron chi connectivity index (χ4n) is 3.75. The lowest BCUT2D eigenvalue weighted by Crippen LogP contribution is -2.38. The van der Waals surface area contributed by atoms with Crippen molar-refractivity contribution in [3.63, 3.8) is 0 Å². The topological polar surface area (TPSA) is 54.0 Å². The Morgan fingerprint density at radius 3 is 2.77 bits per heavy atom. The van der Waals surface area contributed by atoms with E-state index in [1.54, 1.807) is 0 Å². The number of aliphatic hydroxyl groups is 1. The lowest BCUT2D eigenvalue weighted by atomic mass is 10.00. The molecule has 5 heteroatoms. The van der Waals surface area contributed by atoms with E-state index in [0.29, 0.717) is 19.3 Å². The third kappa shape index (κ3) is 7.73. The van der Waals surface area contributed by atoms with Crippen molar-refractivity contribution in [2.24, 2.45) is 0 Å². The lowest BCUT2D eigenvalue weighted by molar-refractivity contribution is 0.0637. The van der Waals surface area contributed by atoms with Crippen LogP contribution in [0.2, 0.25) is 0 Å². The molecule has 2 aromatic carbocycles. The van der Waals surface area contributed by atoms with Crippen LogP contribution in [0.3, 0.4) is 0 Å². The molecule has 0 fully saturated rings. The van der Waals surface area contributed by atoms with Crippen LogP contribution >= 0.6 is 0 Å². The predicted molar refractivity (Wildman–Crippen MR) is 121 cm³/mol. The molecule has 3 rings (SSSR count). The summed E-state index contributed by atoms with van der Waals surface area (Å²) < 4.78 is 11.4. The monoisotopic (exact) mass is 412 g/mol. The molecular weight excluding hydrogens is 376 g/mol. The van der Waals surface area contributed by atoms with E-state index < -0.39 is 6.10 Å². The standard InChI is InChI=1S/C25H36N2O3/c1-20(2)29-14-6-12-26-16-21-7-5-10-25(15-21)30-19-24(28)18-27-13-11-22-8-3-4-9-23(22)17-27/h3-5,7-10,15,20,24,26,28H,6,11-14,16-19H2,1-2H3. The van der Waals surface area contributed by atoms with Gasteiger partial charge in [-0.15, -0.1) is 0 Å². The zero-order valence-corrected chi connectivity index (χ0v) is 18.3. The summed E-state index contributed by atoms with van der Waals surface area (Å²) >= 11 is 0. The van der Waals surface area contributed by atoms with Gasteiger partial charge in [0.15, 0.2) is 0 Å².